The number of benzene rings is 1. The Morgan fingerprint density at radius 1 is 1.39 bits per heavy atom. The van der Waals surface area contributed by atoms with Crippen LogP contribution >= 0.6 is 11.6 Å². The van der Waals surface area contributed by atoms with Gasteiger partial charge in [-0.05, 0) is 30.7 Å². The monoisotopic (exact) mass is 266 g/mol. The zero-order chi connectivity index (χ0) is 13.1. The van der Waals surface area contributed by atoms with Gasteiger partial charge in [-0.25, -0.2) is 4.98 Å². The van der Waals surface area contributed by atoms with Crippen LogP contribution in [-0.2, 0) is 0 Å². The molecule has 0 aliphatic rings. The van der Waals surface area contributed by atoms with E-state index in [0.29, 0.717) is 11.7 Å². The third-order valence-electron chi connectivity index (χ3n) is 2.74. The third-order valence-corrected chi connectivity index (χ3v) is 2.93. The highest BCUT2D eigenvalue weighted by molar-refractivity contribution is 6.29. The summed E-state index contributed by atoms with van der Waals surface area (Å²) < 4.78 is 0. The predicted octanol–water partition coefficient (Wildman–Crippen LogP) is 1.96. The first-order valence-corrected chi connectivity index (χ1v) is 6.07. The molecular weight excluding hydrogens is 252 g/mol. The Labute approximate surface area is 110 Å². The molecule has 0 aliphatic heterocycles. The molecule has 0 aliphatic carbocycles. The molecule has 1 heterocycles. The number of aliphatic hydroxyl groups excluding tert-OH is 2. The van der Waals surface area contributed by atoms with Crippen LogP contribution < -0.4 is 5.32 Å². The lowest BCUT2D eigenvalue weighted by Crippen LogP contribution is -2.22. The first kappa shape index (κ1) is 13.1. The van der Waals surface area contributed by atoms with Gasteiger partial charge in [0.1, 0.15) is 5.15 Å². The van der Waals surface area contributed by atoms with E-state index in [1.807, 2.05) is 31.2 Å². The van der Waals surface area contributed by atoms with Crippen molar-refractivity contribution >= 4 is 28.2 Å². The van der Waals surface area contributed by atoms with E-state index in [-0.39, 0.29) is 6.61 Å². The van der Waals surface area contributed by atoms with Crippen molar-refractivity contribution in [2.45, 2.75) is 13.0 Å². The molecule has 0 bridgehead atoms. The van der Waals surface area contributed by atoms with Crippen LogP contribution in [0.5, 0.6) is 0 Å². The molecule has 3 N–H and O–H groups in total. The fraction of sp³-hybridized carbons (Fsp3) is 0.308. The summed E-state index contributed by atoms with van der Waals surface area (Å²) in [4.78, 5) is 4.26. The molecule has 0 fully saturated rings. The summed E-state index contributed by atoms with van der Waals surface area (Å²) in [5.41, 5.74) is 2.72. The number of hydrogen-bond donors (Lipinski definition) is 3. The van der Waals surface area contributed by atoms with Crippen LogP contribution in [0, 0.1) is 6.92 Å². The van der Waals surface area contributed by atoms with Crippen LogP contribution in [0.2, 0.25) is 5.15 Å². The second-order valence-electron chi connectivity index (χ2n) is 4.21. The second kappa shape index (κ2) is 5.52. The summed E-state index contributed by atoms with van der Waals surface area (Å²) in [6.45, 7) is 2.02. The number of nitrogens with one attached hydrogen (secondary N) is 1. The highest BCUT2D eigenvalue weighted by Gasteiger charge is 2.04. The molecule has 5 heteroatoms. The van der Waals surface area contributed by atoms with E-state index < -0.39 is 6.10 Å². The molecule has 0 saturated heterocycles. The normalized spacial score (nSPS) is 12.7. The number of rotatable bonds is 4. The molecule has 1 aromatic carbocycles. The van der Waals surface area contributed by atoms with Crippen LogP contribution in [0.15, 0.2) is 24.3 Å². The first-order valence-electron chi connectivity index (χ1n) is 5.70. The number of anilines is 1. The van der Waals surface area contributed by atoms with E-state index in [0.717, 1.165) is 22.2 Å². The fourth-order valence-corrected chi connectivity index (χ4v) is 2.03. The SMILES string of the molecule is Cc1cc(Cl)nc2cc(NCC(O)CO)ccc12. The largest absolute Gasteiger partial charge is 0.394 e. The summed E-state index contributed by atoms with van der Waals surface area (Å²) in [6.07, 6.45) is -0.769. The number of aromatic nitrogens is 1. The summed E-state index contributed by atoms with van der Waals surface area (Å²) in [5, 5.41) is 22.6. The maximum Gasteiger partial charge on any atom is 0.130 e. The van der Waals surface area contributed by atoms with Crippen molar-refractivity contribution < 1.29 is 10.2 Å². The highest BCUT2D eigenvalue weighted by atomic mass is 35.5. The number of hydrogen-bond acceptors (Lipinski definition) is 4. The minimum absolute atomic E-state index is 0.260. The van der Waals surface area contributed by atoms with E-state index in [4.69, 9.17) is 16.7 Å². The molecule has 1 unspecified atom stereocenters. The van der Waals surface area contributed by atoms with Gasteiger partial charge in [-0.2, -0.15) is 0 Å². The Bertz CT molecular complexity index is 560. The number of nitrogens with zero attached hydrogens (tertiary/aromatic N) is 1. The Balaban J connectivity index is 2.27. The maximum atomic E-state index is 9.27. The van der Waals surface area contributed by atoms with Gasteiger partial charge in [0.15, 0.2) is 0 Å². The molecule has 1 atom stereocenters. The van der Waals surface area contributed by atoms with E-state index in [1.165, 1.54) is 0 Å². The van der Waals surface area contributed by atoms with Gasteiger partial charge in [0.2, 0.25) is 0 Å². The third kappa shape index (κ3) is 2.90. The Kier molecular flexibility index (Phi) is 4.01. The van der Waals surface area contributed by atoms with Gasteiger partial charge in [0.25, 0.3) is 0 Å². The smallest absolute Gasteiger partial charge is 0.130 e. The second-order valence-corrected chi connectivity index (χ2v) is 4.60. The molecule has 4 nitrogen and oxygen atoms in total. The van der Waals surface area contributed by atoms with Crippen LogP contribution in [0.4, 0.5) is 5.69 Å². The molecule has 0 saturated carbocycles. The summed E-state index contributed by atoms with van der Waals surface area (Å²) in [5.74, 6) is 0. The van der Waals surface area contributed by atoms with Gasteiger partial charge < -0.3 is 15.5 Å². The zero-order valence-corrected chi connectivity index (χ0v) is 10.8. The van der Waals surface area contributed by atoms with Gasteiger partial charge in [-0.15, -0.1) is 0 Å². The van der Waals surface area contributed by atoms with Gasteiger partial charge in [0, 0.05) is 17.6 Å². The number of fused-ring (bicyclic) bond motifs is 1. The lowest BCUT2D eigenvalue weighted by atomic mass is 10.1. The van der Waals surface area contributed by atoms with Gasteiger partial charge in [-0.1, -0.05) is 17.7 Å². The lowest BCUT2D eigenvalue weighted by molar-refractivity contribution is 0.105. The van der Waals surface area contributed by atoms with E-state index in [1.54, 1.807) is 0 Å². The van der Waals surface area contributed by atoms with Crippen LogP contribution in [0.1, 0.15) is 5.56 Å². The first-order chi connectivity index (χ1) is 8.60. The number of aliphatic hydroxyl groups is 2. The van der Waals surface area contributed by atoms with E-state index in [2.05, 4.69) is 10.3 Å². The number of pyridine rings is 1. The molecule has 0 radical (unpaired) electrons. The van der Waals surface area contributed by atoms with Crippen molar-refractivity contribution in [1.29, 1.82) is 0 Å². The van der Waals surface area contributed by atoms with Gasteiger partial charge in [-0.3, -0.25) is 0 Å². The van der Waals surface area contributed by atoms with Crippen LogP contribution in [-0.4, -0.2) is 34.5 Å². The van der Waals surface area contributed by atoms with Crippen LogP contribution in [0.25, 0.3) is 10.9 Å². The van der Waals surface area contributed by atoms with Crippen molar-refractivity contribution in [1.82, 2.24) is 4.98 Å². The topological polar surface area (TPSA) is 65.4 Å². The molecular formula is C13H15ClN2O2. The molecule has 96 valence electrons. The zero-order valence-electron chi connectivity index (χ0n) is 10.0. The molecule has 2 rings (SSSR count). The Hall–Kier alpha value is -1.36. The minimum atomic E-state index is -0.769. The Morgan fingerprint density at radius 3 is 2.89 bits per heavy atom. The summed E-state index contributed by atoms with van der Waals surface area (Å²) in [7, 11) is 0. The predicted molar refractivity (Wildman–Crippen MR) is 73.1 cm³/mol. The molecule has 0 spiro atoms. The van der Waals surface area contributed by atoms with Crippen molar-refractivity contribution in [2.75, 3.05) is 18.5 Å². The van der Waals surface area contributed by atoms with Crippen molar-refractivity contribution in [3.63, 3.8) is 0 Å². The average Bonchev–Trinajstić information content (AvgIpc) is 2.35. The highest BCUT2D eigenvalue weighted by Crippen LogP contribution is 2.23. The van der Waals surface area contributed by atoms with Gasteiger partial charge in [0.05, 0.1) is 18.2 Å². The summed E-state index contributed by atoms with van der Waals surface area (Å²) in [6, 6.07) is 7.57. The average molecular weight is 267 g/mol. The van der Waals surface area contributed by atoms with Crippen molar-refractivity contribution in [3.05, 3.63) is 35.0 Å². The molecule has 18 heavy (non-hydrogen) atoms. The quantitative estimate of drug-likeness (QED) is 0.740. The van der Waals surface area contributed by atoms with Crippen molar-refractivity contribution in [3.8, 4) is 0 Å². The molecule has 0 amide bonds. The Morgan fingerprint density at radius 2 is 2.17 bits per heavy atom. The standard InChI is InChI=1S/C13H15ClN2O2/c1-8-4-13(14)16-12-5-9(2-3-11(8)12)15-6-10(18)7-17/h2-5,10,15,17-18H,6-7H2,1H3. The lowest BCUT2D eigenvalue weighted by Gasteiger charge is -2.11. The number of aryl methyl sites for hydroxylation is 1. The van der Waals surface area contributed by atoms with E-state index in [9.17, 15) is 5.11 Å². The number of halogens is 1. The van der Waals surface area contributed by atoms with Gasteiger partial charge >= 0.3 is 0 Å². The fourth-order valence-electron chi connectivity index (χ4n) is 1.77. The summed E-state index contributed by atoms with van der Waals surface area (Å²) >= 11 is 5.92. The van der Waals surface area contributed by atoms with Crippen molar-refractivity contribution in [2.24, 2.45) is 0 Å². The minimum Gasteiger partial charge on any atom is -0.394 e. The van der Waals surface area contributed by atoms with E-state index >= 15 is 0 Å². The van der Waals surface area contributed by atoms with Crippen LogP contribution in [0.3, 0.4) is 0 Å². The molecule has 2 aromatic rings. The molecule has 1 aromatic heterocycles. The maximum absolute atomic E-state index is 9.27.